The molecule has 8 nitrogen and oxygen atoms in total. The molecule has 0 atom stereocenters. The first-order chi connectivity index (χ1) is 15.5. The van der Waals surface area contributed by atoms with Gasteiger partial charge in [0.1, 0.15) is 17.7 Å². The Hall–Kier alpha value is -4.28. The molecule has 0 aliphatic carbocycles. The van der Waals surface area contributed by atoms with Crippen LogP contribution in [0.1, 0.15) is 17.9 Å². The van der Waals surface area contributed by atoms with Gasteiger partial charge in [-0.25, -0.2) is 32.6 Å². The van der Waals surface area contributed by atoms with Crippen molar-refractivity contribution in [1.82, 2.24) is 24.6 Å². The maximum Gasteiger partial charge on any atom is 0.297 e. The molecule has 3 heterocycles. The first kappa shape index (κ1) is 21.0. The smallest absolute Gasteiger partial charge is 0.297 e. The van der Waals surface area contributed by atoms with E-state index in [1.54, 1.807) is 28.8 Å². The number of para-hydroxylation sites is 1. The molecular formula is C21H17F3N8. The van der Waals surface area contributed by atoms with Gasteiger partial charge in [-0.3, -0.25) is 4.99 Å². The van der Waals surface area contributed by atoms with Crippen molar-refractivity contribution >= 4 is 23.2 Å². The number of nitrogens with zero attached hydrogens (tertiary/aromatic N) is 6. The van der Waals surface area contributed by atoms with Gasteiger partial charge in [-0.15, -0.1) is 0 Å². The minimum absolute atomic E-state index is 0.176. The molecule has 0 aliphatic rings. The van der Waals surface area contributed by atoms with E-state index < -0.39 is 18.1 Å². The fourth-order valence-electron chi connectivity index (χ4n) is 3.13. The largest absolute Gasteiger partial charge is 0.404 e. The number of nitrogen functional groups attached to an aromatic ring is 1. The zero-order valence-corrected chi connectivity index (χ0v) is 16.5. The van der Waals surface area contributed by atoms with Gasteiger partial charge in [0, 0.05) is 41.8 Å². The van der Waals surface area contributed by atoms with Gasteiger partial charge in [0.2, 0.25) is 0 Å². The fraction of sp³-hybridized carbons (Fsp3) is 0.0952. The van der Waals surface area contributed by atoms with E-state index in [2.05, 4.69) is 25.0 Å². The first-order valence-corrected chi connectivity index (χ1v) is 9.39. The number of aromatic nitrogens is 5. The van der Waals surface area contributed by atoms with Crippen LogP contribution in [-0.2, 0) is 6.42 Å². The predicted octanol–water partition coefficient (Wildman–Crippen LogP) is 3.63. The van der Waals surface area contributed by atoms with Gasteiger partial charge in [0.15, 0.2) is 11.6 Å². The number of nitrogens with two attached hydrogens (primary N) is 2. The highest BCUT2D eigenvalue weighted by Gasteiger charge is 2.18. The van der Waals surface area contributed by atoms with Crippen LogP contribution in [0.2, 0.25) is 0 Å². The van der Waals surface area contributed by atoms with E-state index in [1.807, 2.05) is 0 Å². The molecule has 0 unspecified atom stereocenters. The van der Waals surface area contributed by atoms with Crippen LogP contribution in [0.15, 0.2) is 65.8 Å². The van der Waals surface area contributed by atoms with Crippen LogP contribution in [0.25, 0.3) is 16.6 Å². The van der Waals surface area contributed by atoms with Crippen molar-refractivity contribution in [2.45, 2.75) is 12.8 Å². The lowest BCUT2D eigenvalue weighted by Crippen LogP contribution is -2.04. The number of halogens is 3. The SMILES string of the molecule is NC=C(C=Nc1ccccc1F)Cc1cc(-c2cnc(C(F)F)nc2)c2c(N)ncnn12. The standard InChI is InChI=1S/C21H17F3N8/c22-16-3-1-2-4-17(16)27-8-12(7-25)5-14-6-15(18-20(26)30-11-31-32(14)18)13-9-28-21(19(23)24)29-10-13/h1-4,6-11,19H,5,25H2,(H2,26,30,31). The van der Waals surface area contributed by atoms with Gasteiger partial charge in [-0.2, -0.15) is 5.10 Å². The van der Waals surface area contributed by atoms with Gasteiger partial charge in [-0.1, -0.05) is 12.1 Å². The third-order valence-corrected chi connectivity index (χ3v) is 4.66. The van der Waals surface area contributed by atoms with Crippen LogP contribution >= 0.6 is 0 Å². The number of aliphatic imine (C=N–C) groups is 1. The van der Waals surface area contributed by atoms with Gasteiger partial charge in [0.25, 0.3) is 6.43 Å². The van der Waals surface area contributed by atoms with E-state index >= 15 is 0 Å². The van der Waals surface area contributed by atoms with Crippen LogP contribution in [-0.4, -0.2) is 30.8 Å². The summed E-state index contributed by atoms with van der Waals surface area (Å²) in [6.45, 7) is 0. The summed E-state index contributed by atoms with van der Waals surface area (Å²) in [5, 5.41) is 4.25. The molecule has 162 valence electrons. The molecule has 0 aliphatic heterocycles. The molecule has 0 saturated carbocycles. The molecule has 32 heavy (non-hydrogen) atoms. The summed E-state index contributed by atoms with van der Waals surface area (Å²) in [7, 11) is 0. The summed E-state index contributed by atoms with van der Waals surface area (Å²) in [5.74, 6) is -0.833. The Morgan fingerprint density at radius 1 is 1.16 bits per heavy atom. The van der Waals surface area contributed by atoms with Crippen LogP contribution in [0.3, 0.4) is 0 Å². The van der Waals surface area contributed by atoms with Gasteiger partial charge >= 0.3 is 0 Å². The van der Waals surface area contributed by atoms with E-state index in [1.165, 1.54) is 37.2 Å². The minimum atomic E-state index is -2.77. The second kappa shape index (κ2) is 8.84. The van der Waals surface area contributed by atoms with Crippen LogP contribution < -0.4 is 11.5 Å². The average Bonchev–Trinajstić information content (AvgIpc) is 3.17. The zero-order valence-electron chi connectivity index (χ0n) is 16.5. The van der Waals surface area contributed by atoms with E-state index in [9.17, 15) is 13.2 Å². The van der Waals surface area contributed by atoms with Crippen molar-refractivity contribution in [2.24, 2.45) is 10.7 Å². The molecular weight excluding hydrogens is 421 g/mol. The normalized spacial score (nSPS) is 12.3. The number of anilines is 1. The first-order valence-electron chi connectivity index (χ1n) is 9.39. The summed E-state index contributed by atoms with van der Waals surface area (Å²) in [6, 6.07) is 7.87. The molecule has 0 fully saturated rings. The summed E-state index contributed by atoms with van der Waals surface area (Å²) >= 11 is 0. The van der Waals surface area contributed by atoms with Crippen molar-refractivity contribution in [3.63, 3.8) is 0 Å². The van der Waals surface area contributed by atoms with Gasteiger partial charge in [0.05, 0.1) is 5.69 Å². The molecule has 0 saturated heterocycles. The summed E-state index contributed by atoms with van der Waals surface area (Å²) in [4.78, 5) is 15.6. The van der Waals surface area contributed by atoms with E-state index in [0.29, 0.717) is 27.9 Å². The highest BCUT2D eigenvalue weighted by Crippen LogP contribution is 2.31. The molecule has 0 radical (unpaired) electrons. The van der Waals surface area contributed by atoms with Gasteiger partial charge < -0.3 is 11.5 Å². The molecule has 0 amide bonds. The van der Waals surface area contributed by atoms with Crippen LogP contribution in [0.4, 0.5) is 24.7 Å². The minimum Gasteiger partial charge on any atom is -0.404 e. The monoisotopic (exact) mass is 438 g/mol. The summed E-state index contributed by atoms with van der Waals surface area (Å²) in [5.41, 5.74) is 14.8. The Morgan fingerprint density at radius 3 is 2.59 bits per heavy atom. The summed E-state index contributed by atoms with van der Waals surface area (Å²) in [6.07, 6.45) is 4.20. The Kier molecular flexibility index (Phi) is 5.79. The Bertz CT molecular complexity index is 1310. The average molecular weight is 438 g/mol. The third-order valence-electron chi connectivity index (χ3n) is 4.66. The van der Waals surface area contributed by atoms with E-state index in [4.69, 9.17) is 11.5 Å². The fourth-order valence-corrected chi connectivity index (χ4v) is 3.13. The van der Waals surface area contributed by atoms with Crippen LogP contribution in [0.5, 0.6) is 0 Å². The zero-order chi connectivity index (χ0) is 22.7. The lowest BCUT2D eigenvalue weighted by molar-refractivity contribution is 0.140. The van der Waals surface area contributed by atoms with Crippen molar-refractivity contribution in [2.75, 3.05) is 5.73 Å². The maximum absolute atomic E-state index is 13.8. The third kappa shape index (κ3) is 4.13. The Morgan fingerprint density at radius 2 is 1.91 bits per heavy atom. The number of benzene rings is 1. The number of hydrogen-bond donors (Lipinski definition) is 2. The number of fused-ring (bicyclic) bond motifs is 1. The summed E-state index contributed by atoms with van der Waals surface area (Å²) < 4.78 is 41.0. The van der Waals surface area contributed by atoms with Crippen molar-refractivity contribution in [3.05, 3.63) is 78.2 Å². The highest BCUT2D eigenvalue weighted by molar-refractivity contribution is 5.88. The predicted molar refractivity (Wildman–Crippen MR) is 114 cm³/mol. The molecule has 4 rings (SSSR count). The topological polar surface area (TPSA) is 120 Å². The van der Waals surface area contributed by atoms with Gasteiger partial charge in [-0.05, 0) is 30.0 Å². The number of hydrogen-bond acceptors (Lipinski definition) is 7. The molecule has 1 aromatic carbocycles. The molecule has 4 N–H and O–H groups in total. The Balaban J connectivity index is 1.72. The second-order valence-electron chi connectivity index (χ2n) is 6.71. The molecule has 3 aromatic heterocycles. The lowest BCUT2D eigenvalue weighted by atomic mass is 10.1. The molecule has 4 aromatic rings. The number of alkyl halides is 2. The molecule has 0 bridgehead atoms. The quantitative estimate of drug-likeness (QED) is 0.444. The van der Waals surface area contributed by atoms with E-state index in [0.717, 1.165) is 0 Å². The van der Waals surface area contributed by atoms with E-state index in [-0.39, 0.29) is 17.9 Å². The van der Waals surface area contributed by atoms with Crippen molar-refractivity contribution in [1.29, 1.82) is 0 Å². The lowest BCUT2D eigenvalue weighted by Gasteiger charge is -2.04. The van der Waals surface area contributed by atoms with Crippen LogP contribution in [0, 0.1) is 5.82 Å². The number of allylic oxidation sites excluding steroid dienone is 1. The molecule has 0 spiro atoms. The highest BCUT2D eigenvalue weighted by atomic mass is 19.3. The maximum atomic E-state index is 13.8. The number of rotatable bonds is 6. The molecule has 11 heteroatoms. The second-order valence-corrected chi connectivity index (χ2v) is 6.71. The van der Waals surface area contributed by atoms with Crippen molar-refractivity contribution in [3.8, 4) is 11.1 Å². The van der Waals surface area contributed by atoms with Crippen molar-refractivity contribution < 1.29 is 13.2 Å². The Labute approximate surface area is 180 Å².